The topological polar surface area (TPSA) is 52.6 Å². The first-order chi connectivity index (χ1) is 14.0. The summed E-state index contributed by atoms with van der Waals surface area (Å²) < 4.78 is 27.0. The Morgan fingerprint density at radius 1 is 1.03 bits per heavy atom. The van der Waals surface area contributed by atoms with Gasteiger partial charge in [0.15, 0.2) is 0 Å². The van der Waals surface area contributed by atoms with Crippen molar-refractivity contribution in [2.45, 2.75) is 70.1 Å². The fourth-order valence-corrected chi connectivity index (χ4v) is 6.62. The largest absolute Gasteiger partial charge is 0.369 e. The second-order valence-electron chi connectivity index (χ2n) is 9.14. The summed E-state index contributed by atoms with van der Waals surface area (Å²) in [5.41, 5.74) is 4.46. The molecule has 2 saturated carbocycles. The molecule has 0 radical (unpaired) electrons. The number of nitrogens with one attached hydrogen (secondary N) is 1. The van der Waals surface area contributed by atoms with Crippen molar-refractivity contribution in [3.05, 3.63) is 29.3 Å². The number of sulfonamides is 1. The predicted molar refractivity (Wildman–Crippen MR) is 120 cm³/mol. The van der Waals surface area contributed by atoms with Crippen LogP contribution in [0.4, 0.5) is 5.69 Å². The van der Waals surface area contributed by atoms with E-state index in [0.717, 1.165) is 71.2 Å². The van der Waals surface area contributed by atoms with Gasteiger partial charge in [0.25, 0.3) is 0 Å². The van der Waals surface area contributed by atoms with Gasteiger partial charge >= 0.3 is 0 Å². The summed E-state index contributed by atoms with van der Waals surface area (Å²) in [7, 11) is -3.02. The minimum Gasteiger partial charge on any atom is -0.369 e. The third-order valence-electron chi connectivity index (χ3n) is 7.08. The molecule has 0 amide bonds. The third-order valence-corrected chi connectivity index (χ3v) is 9.09. The van der Waals surface area contributed by atoms with Gasteiger partial charge in [-0.05, 0) is 74.6 Å². The highest BCUT2D eigenvalue weighted by atomic mass is 32.2. The summed E-state index contributed by atoms with van der Waals surface area (Å²) in [6.45, 7) is 10.1. The predicted octanol–water partition coefficient (Wildman–Crippen LogP) is 3.18. The van der Waals surface area contributed by atoms with Crippen LogP contribution in [0.15, 0.2) is 18.2 Å². The van der Waals surface area contributed by atoms with E-state index in [2.05, 4.69) is 46.6 Å². The van der Waals surface area contributed by atoms with Crippen LogP contribution in [0.1, 0.15) is 57.1 Å². The second kappa shape index (κ2) is 8.94. The van der Waals surface area contributed by atoms with Gasteiger partial charge in [0.1, 0.15) is 0 Å². The van der Waals surface area contributed by atoms with E-state index in [-0.39, 0.29) is 11.3 Å². The van der Waals surface area contributed by atoms with Crippen LogP contribution in [0.2, 0.25) is 0 Å². The van der Waals surface area contributed by atoms with Gasteiger partial charge in [-0.2, -0.15) is 0 Å². The number of hydrogen-bond acceptors (Lipinski definition) is 4. The molecule has 1 aromatic rings. The molecule has 0 aromatic heterocycles. The van der Waals surface area contributed by atoms with Crippen LogP contribution < -0.4 is 9.62 Å². The average Bonchev–Trinajstić information content (AvgIpc) is 3.55. The van der Waals surface area contributed by atoms with Crippen LogP contribution in [0.25, 0.3) is 0 Å². The van der Waals surface area contributed by atoms with Crippen LogP contribution >= 0.6 is 0 Å². The van der Waals surface area contributed by atoms with E-state index in [4.69, 9.17) is 0 Å². The molecule has 1 aliphatic heterocycles. The Morgan fingerprint density at radius 3 is 2.38 bits per heavy atom. The van der Waals surface area contributed by atoms with Crippen LogP contribution in [0, 0.1) is 5.92 Å². The quantitative estimate of drug-likeness (QED) is 0.668. The SMILES string of the molecule is CCc1cccc(N2CCN(CC[C@H]3C[C@@H](NS(=O)(=O)C4CC4)C3)CC2)c1CC. The van der Waals surface area contributed by atoms with E-state index in [1.54, 1.807) is 0 Å². The minimum absolute atomic E-state index is 0.0934. The first-order valence-corrected chi connectivity index (χ1v) is 13.1. The monoisotopic (exact) mass is 419 g/mol. The van der Waals surface area contributed by atoms with Crippen molar-refractivity contribution in [3.63, 3.8) is 0 Å². The highest BCUT2D eigenvalue weighted by Gasteiger charge is 2.40. The number of hydrogen-bond donors (Lipinski definition) is 1. The zero-order valence-electron chi connectivity index (χ0n) is 18.1. The number of benzene rings is 1. The molecule has 162 valence electrons. The fourth-order valence-electron chi connectivity index (χ4n) is 5.01. The van der Waals surface area contributed by atoms with Crippen LogP contribution in [0.5, 0.6) is 0 Å². The van der Waals surface area contributed by atoms with Crippen molar-refractivity contribution in [2.24, 2.45) is 5.92 Å². The smallest absolute Gasteiger partial charge is 0.214 e. The number of piperazine rings is 1. The molecule has 0 bridgehead atoms. The van der Waals surface area contributed by atoms with Crippen LogP contribution in [0.3, 0.4) is 0 Å². The second-order valence-corrected chi connectivity index (χ2v) is 11.1. The Kier molecular flexibility index (Phi) is 6.52. The lowest BCUT2D eigenvalue weighted by atomic mass is 9.79. The Hall–Kier alpha value is -1.11. The van der Waals surface area contributed by atoms with Gasteiger partial charge in [-0.3, -0.25) is 4.90 Å². The number of nitrogens with zero attached hydrogens (tertiary/aromatic N) is 2. The van der Waals surface area contributed by atoms with Gasteiger partial charge in [0, 0.05) is 37.9 Å². The Morgan fingerprint density at radius 2 is 1.76 bits per heavy atom. The lowest BCUT2D eigenvalue weighted by molar-refractivity contribution is 0.182. The van der Waals surface area contributed by atoms with Crippen molar-refractivity contribution < 1.29 is 8.42 Å². The fraction of sp³-hybridized carbons (Fsp3) is 0.739. The van der Waals surface area contributed by atoms with Crippen molar-refractivity contribution in [1.82, 2.24) is 9.62 Å². The molecule has 1 heterocycles. The molecule has 0 unspecified atom stereocenters. The maximum absolute atomic E-state index is 12.0. The normalized spacial score (nSPS) is 25.8. The van der Waals surface area contributed by atoms with Crippen LogP contribution in [-0.4, -0.2) is 57.3 Å². The molecular formula is C23H37N3O2S. The van der Waals surface area contributed by atoms with Gasteiger partial charge in [0.2, 0.25) is 10.0 Å². The number of rotatable bonds is 9. The lowest BCUT2D eigenvalue weighted by Crippen LogP contribution is -2.49. The molecule has 0 atom stereocenters. The first kappa shape index (κ1) is 21.1. The molecule has 1 aromatic carbocycles. The highest BCUT2D eigenvalue weighted by Crippen LogP contribution is 2.34. The summed E-state index contributed by atoms with van der Waals surface area (Å²) in [5.74, 6) is 0.688. The molecule has 1 N–H and O–H groups in total. The molecule has 29 heavy (non-hydrogen) atoms. The van der Waals surface area contributed by atoms with Gasteiger partial charge in [0.05, 0.1) is 5.25 Å². The van der Waals surface area contributed by atoms with Crippen molar-refractivity contribution in [1.29, 1.82) is 0 Å². The molecule has 6 heteroatoms. The lowest BCUT2D eigenvalue weighted by Gasteiger charge is -2.40. The summed E-state index contributed by atoms with van der Waals surface area (Å²) in [5, 5.41) is -0.0934. The molecule has 2 aliphatic carbocycles. The van der Waals surface area contributed by atoms with E-state index in [9.17, 15) is 8.42 Å². The van der Waals surface area contributed by atoms with Gasteiger partial charge in [-0.25, -0.2) is 13.1 Å². The molecule has 3 aliphatic rings. The minimum atomic E-state index is -3.02. The van der Waals surface area contributed by atoms with Gasteiger partial charge in [-0.15, -0.1) is 0 Å². The third kappa shape index (κ3) is 4.97. The Labute approximate surface area is 176 Å². The molecular weight excluding hydrogens is 382 g/mol. The first-order valence-electron chi connectivity index (χ1n) is 11.6. The molecule has 5 nitrogen and oxygen atoms in total. The molecule has 4 rings (SSSR count). The van der Waals surface area contributed by atoms with Crippen molar-refractivity contribution in [2.75, 3.05) is 37.6 Å². The van der Waals surface area contributed by atoms with E-state index in [1.165, 1.54) is 23.2 Å². The molecule has 0 spiro atoms. The van der Waals surface area contributed by atoms with E-state index in [0.29, 0.717) is 5.92 Å². The highest BCUT2D eigenvalue weighted by molar-refractivity contribution is 7.90. The molecule has 3 fully saturated rings. The zero-order valence-corrected chi connectivity index (χ0v) is 18.9. The van der Waals surface area contributed by atoms with Crippen LogP contribution in [-0.2, 0) is 22.9 Å². The van der Waals surface area contributed by atoms with E-state index < -0.39 is 10.0 Å². The van der Waals surface area contributed by atoms with Crippen molar-refractivity contribution >= 4 is 15.7 Å². The van der Waals surface area contributed by atoms with E-state index in [1.807, 2.05) is 0 Å². The van der Waals surface area contributed by atoms with Gasteiger partial charge in [-0.1, -0.05) is 26.0 Å². The maximum atomic E-state index is 12.0. The Balaban J connectivity index is 1.19. The molecule has 1 saturated heterocycles. The van der Waals surface area contributed by atoms with Gasteiger partial charge < -0.3 is 4.90 Å². The number of anilines is 1. The maximum Gasteiger partial charge on any atom is 0.214 e. The number of aryl methyl sites for hydroxylation is 1. The Bertz CT molecular complexity index is 792. The summed E-state index contributed by atoms with van der Waals surface area (Å²) in [4.78, 5) is 5.16. The van der Waals surface area contributed by atoms with Crippen molar-refractivity contribution in [3.8, 4) is 0 Å². The van der Waals surface area contributed by atoms with E-state index >= 15 is 0 Å². The average molecular weight is 420 g/mol. The summed E-state index contributed by atoms with van der Waals surface area (Å²) in [6.07, 6.45) is 7.15. The standard InChI is InChI=1S/C23H37N3O2S/c1-3-19-6-5-7-23(22(19)4-2)26-14-12-25(13-15-26)11-10-18-16-20(17-18)24-29(27,28)21-8-9-21/h5-7,18,20-21,24H,3-4,8-17H2,1-2H3/t18-,20+. The summed E-state index contributed by atoms with van der Waals surface area (Å²) in [6, 6.07) is 6.98. The zero-order chi connectivity index (χ0) is 20.4. The summed E-state index contributed by atoms with van der Waals surface area (Å²) >= 11 is 0.